The molecule has 2 aromatic rings. The number of nitrogens with one attached hydrogen (secondary N) is 1. The summed E-state index contributed by atoms with van der Waals surface area (Å²) in [5.41, 5.74) is 2.42. The zero-order valence-corrected chi connectivity index (χ0v) is 11.4. The van der Waals surface area contributed by atoms with E-state index in [1.807, 2.05) is 19.1 Å². The Morgan fingerprint density at radius 1 is 1.39 bits per heavy atom. The van der Waals surface area contributed by atoms with E-state index in [-0.39, 0.29) is 0 Å². The third-order valence-corrected chi connectivity index (χ3v) is 2.79. The molecule has 0 unspecified atom stereocenters. The molecule has 0 aliphatic heterocycles. The van der Waals surface area contributed by atoms with Crippen LogP contribution in [-0.2, 0) is 6.54 Å². The molecule has 0 saturated heterocycles. The number of aromatic nitrogens is 2. The largest absolute Gasteiger partial charge is 0.379 e. The Balaban J connectivity index is 2.11. The summed E-state index contributed by atoms with van der Waals surface area (Å²) in [6.07, 6.45) is 1.74. The minimum atomic E-state index is 0.602. The highest BCUT2D eigenvalue weighted by Crippen LogP contribution is 2.19. The van der Waals surface area contributed by atoms with Crippen molar-refractivity contribution in [2.75, 3.05) is 5.32 Å². The second kappa shape index (κ2) is 5.61. The van der Waals surface area contributed by atoms with Gasteiger partial charge in [0.05, 0.1) is 23.9 Å². The lowest BCUT2D eigenvalue weighted by atomic mass is 10.2. The van der Waals surface area contributed by atoms with Crippen molar-refractivity contribution in [3.8, 4) is 6.07 Å². The van der Waals surface area contributed by atoms with Crippen LogP contribution < -0.4 is 5.32 Å². The van der Waals surface area contributed by atoms with Crippen molar-refractivity contribution in [3.05, 3.63) is 52.0 Å². The maximum Gasteiger partial charge on any atom is 0.125 e. The molecule has 18 heavy (non-hydrogen) atoms. The standard InChI is InChI=1S/C13H11BrN4/c1-9-16-3-2-12(18-9)8-17-13-5-10(7-15)4-11(14)6-13/h2-6,17H,8H2,1H3. The lowest BCUT2D eigenvalue weighted by Crippen LogP contribution is -2.03. The molecular weight excluding hydrogens is 292 g/mol. The number of benzene rings is 1. The van der Waals surface area contributed by atoms with E-state index in [2.05, 4.69) is 37.3 Å². The molecule has 0 radical (unpaired) electrons. The quantitative estimate of drug-likeness (QED) is 0.946. The Labute approximate surface area is 114 Å². The Kier molecular flexibility index (Phi) is 3.90. The van der Waals surface area contributed by atoms with Gasteiger partial charge in [-0.05, 0) is 31.2 Å². The Morgan fingerprint density at radius 3 is 2.94 bits per heavy atom. The van der Waals surface area contributed by atoms with Crippen LogP contribution in [0.1, 0.15) is 17.1 Å². The van der Waals surface area contributed by atoms with Crippen LogP contribution in [0.15, 0.2) is 34.9 Å². The summed E-state index contributed by atoms with van der Waals surface area (Å²) in [5.74, 6) is 0.751. The topological polar surface area (TPSA) is 61.6 Å². The summed E-state index contributed by atoms with van der Waals surface area (Å²) in [4.78, 5) is 8.35. The van der Waals surface area contributed by atoms with Gasteiger partial charge in [-0.1, -0.05) is 15.9 Å². The van der Waals surface area contributed by atoms with Gasteiger partial charge < -0.3 is 5.32 Å². The lowest BCUT2D eigenvalue weighted by molar-refractivity contribution is 0.955. The van der Waals surface area contributed by atoms with E-state index in [0.29, 0.717) is 12.1 Å². The van der Waals surface area contributed by atoms with Crippen LogP contribution in [0.2, 0.25) is 0 Å². The first-order valence-electron chi connectivity index (χ1n) is 5.40. The molecule has 2 rings (SSSR count). The molecule has 1 heterocycles. The summed E-state index contributed by atoms with van der Waals surface area (Å²) >= 11 is 3.37. The fourth-order valence-corrected chi connectivity index (χ4v) is 2.05. The van der Waals surface area contributed by atoms with Gasteiger partial charge in [0.15, 0.2) is 0 Å². The first kappa shape index (κ1) is 12.5. The van der Waals surface area contributed by atoms with Gasteiger partial charge in [0.2, 0.25) is 0 Å². The molecule has 1 N–H and O–H groups in total. The number of nitriles is 1. The highest BCUT2D eigenvalue weighted by atomic mass is 79.9. The molecule has 4 nitrogen and oxygen atoms in total. The van der Waals surface area contributed by atoms with Crippen LogP contribution in [0.3, 0.4) is 0 Å². The minimum absolute atomic E-state index is 0.602. The predicted molar refractivity (Wildman–Crippen MR) is 73.0 cm³/mol. The van der Waals surface area contributed by atoms with E-state index in [9.17, 15) is 0 Å². The molecule has 1 aromatic carbocycles. The van der Waals surface area contributed by atoms with E-state index in [1.54, 1.807) is 18.3 Å². The first-order valence-corrected chi connectivity index (χ1v) is 6.20. The van der Waals surface area contributed by atoms with Crippen LogP contribution >= 0.6 is 15.9 Å². The monoisotopic (exact) mass is 302 g/mol. The van der Waals surface area contributed by atoms with Gasteiger partial charge in [-0.3, -0.25) is 0 Å². The van der Waals surface area contributed by atoms with Gasteiger partial charge in [-0.25, -0.2) is 9.97 Å². The molecular formula is C13H11BrN4. The van der Waals surface area contributed by atoms with Crippen molar-refractivity contribution in [2.45, 2.75) is 13.5 Å². The van der Waals surface area contributed by atoms with E-state index in [0.717, 1.165) is 21.7 Å². The first-order chi connectivity index (χ1) is 8.67. The SMILES string of the molecule is Cc1nccc(CNc2cc(Br)cc(C#N)c2)n1. The highest BCUT2D eigenvalue weighted by Gasteiger charge is 2.00. The lowest BCUT2D eigenvalue weighted by Gasteiger charge is -2.07. The Hall–Kier alpha value is -1.93. The molecule has 0 saturated carbocycles. The molecule has 0 bridgehead atoms. The van der Waals surface area contributed by atoms with Gasteiger partial charge in [0.25, 0.3) is 0 Å². The number of nitrogens with zero attached hydrogens (tertiary/aromatic N) is 3. The van der Waals surface area contributed by atoms with Gasteiger partial charge in [-0.15, -0.1) is 0 Å². The Bertz CT molecular complexity index is 604. The maximum atomic E-state index is 8.89. The molecule has 1 aromatic heterocycles. The number of hydrogen-bond donors (Lipinski definition) is 1. The number of anilines is 1. The van der Waals surface area contributed by atoms with Gasteiger partial charge in [0, 0.05) is 16.4 Å². The van der Waals surface area contributed by atoms with Crippen LogP contribution in [0.4, 0.5) is 5.69 Å². The molecule has 90 valence electrons. The fraction of sp³-hybridized carbons (Fsp3) is 0.154. The van der Waals surface area contributed by atoms with Crippen LogP contribution in [0.5, 0.6) is 0 Å². The zero-order chi connectivity index (χ0) is 13.0. The molecule has 0 aliphatic carbocycles. The zero-order valence-electron chi connectivity index (χ0n) is 9.81. The number of hydrogen-bond acceptors (Lipinski definition) is 4. The summed E-state index contributed by atoms with van der Waals surface area (Å²) in [5, 5.41) is 12.1. The second-order valence-electron chi connectivity index (χ2n) is 3.79. The molecule has 5 heteroatoms. The predicted octanol–water partition coefficient (Wildman–Crippen LogP) is 3.03. The molecule has 0 spiro atoms. The van der Waals surface area contributed by atoms with Crippen LogP contribution in [0, 0.1) is 18.3 Å². The smallest absolute Gasteiger partial charge is 0.125 e. The summed E-state index contributed by atoms with van der Waals surface area (Å²) in [7, 11) is 0. The van der Waals surface area contributed by atoms with Crippen molar-refractivity contribution < 1.29 is 0 Å². The summed E-state index contributed by atoms with van der Waals surface area (Å²) in [6, 6.07) is 9.49. The summed E-state index contributed by atoms with van der Waals surface area (Å²) < 4.78 is 0.878. The van der Waals surface area contributed by atoms with Crippen LogP contribution in [0.25, 0.3) is 0 Å². The third kappa shape index (κ3) is 3.28. The van der Waals surface area contributed by atoms with Crippen molar-refractivity contribution in [3.63, 3.8) is 0 Å². The molecule has 0 atom stereocenters. The molecule has 0 fully saturated rings. The number of rotatable bonds is 3. The normalized spacial score (nSPS) is 9.83. The highest BCUT2D eigenvalue weighted by molar-refractivity contribution is 9.10. The van der Waals surface area contributed by atoms with Crippen molar-refractivity contribution in [1.29, 1.82) is 5.26 Å². The fourth-order valence-electron chi connectivity index (χ4n) is 1.55. The molecule has 0 amide bonds. The second-order valence-corrected chi connectivity index (χ2v) is 4.70. The van der Waals surface area contributed by atoms with Crippen molar-refractivity contribution in [1.82, 2.24) is 9.97 Å². The van der Waals surface area contributed by atoms with E-state index >= 15 is 0 Å². The minimum Gasteiger partial charge on any atom is -0.379 e. The number of halogens is 1. The van der Waals surface area contributed by atoms with Gasteiger partial charge >= 0.3 is 0 Å². The number of aryl methyl sites for hydroxylation is 1. The maximum absolute atomic E-state index is 8.89. The summed E-state index contributed by atoms with van der Waals surface area (Å²) in [6.45, 7) is 2.46. The van der Waals surface area contributed by atoms with E-state index < -0.39 is 0 Å². The van der Waals surface area contributed by atoms with E-state index in [1.165, 1.54) is 0 Å². The average molecular weight is 303 g/mol. The van der Waals surface area contributed by atoms with Gasteiger partial charge in [-0.2, -0.15) is 5.26 Å². The van der Waals surface area contributed by atoms with Crippen molar-refractivity contribution in [2.24, 2.45) is 0 Å². The van der Waals surface area contributed by atoms with Crippen LogP contribution in [-0.4, -0.2) is 9.97 Å². The van der Waals surface area contributed by atoms with Crippen molar-refractivity contribution >= 4 is 21.6 Å². The Morgan fingerprint density at radius 2 is 2.22 bits per heavy atom. The molecule has 0 aliphatic rings. The van der Waals surface area contributed by atoms with E-state index in [4.69, 9.17) is 5.26 Å². The third-order valence-electron chi connectivity index (χ3n) is 2.33. The average Bonchev–Trinajstić information content (AvgIpc) is 2.36. The van der Waals surface area contributed by atoms with Gasteiger partial charge in [0.1, 0.15) is 5.82 Å².